The number of nitrogens with two attached hydrogens (primary N) is 1. The van der Waals surface area contributed by atoms with Gasteiger partial charge in [0.2, 0.25) is 5.91 Å². The second-order valence-corrected chi connectivity index (χ2v) is 6.55. The van der Waals surface area contributed by atoms with Gasteiger partial charge in [0.15, 0.2) is 0 Å². The van der Waals surface area contributed by atoms with Crippen LogP contribution in [0.25, 0.3) is 0 Å². The summed E-state index contributed by atoms with van der Waals surface area (Å²) in [4.78, 5) is 11.4. The number of benzene rings is 1. The van der Waals surface area contributed by atoms with Crippen molar-refractivity contribution in [1.82, 2.24) is 0 Å². The first kappa shape index (κ1) is 13.3. The number of carbonyl (C=O) groups excluding carboxylic acids is 1. The molecule has 4 heteroatoms. The van der Waals surface area contributed by atoms with Crippen molar-refractivity contribution in [1.29, 1.82) is 0 Å². The van der Waals surface area contributed by atoms with Gasteiger partial charge in [0.05, 0.1) is 17.8 Å². The molecule has 0 radical (unpaired) electrons. The highest BCUT2D eigenvalue weighted by Crippen LogP contribution is 2.37. The van der Waals surface area contributed by atoms with Crippen molar-refractivity contribution in [3.05, 3.63) is 17.7 Å². The van der Waals surface area contributed by atoms with Crippen LogP contribution in [0.3, 0.4) is 0 Å². The normalized spacial score (nSPS) is 20.4. The molecule has 108 valence electrons. The van der Waals surface area contributed by atoms with Gasteiger partial charge < -0.3 is 16.4 Å². The molecule has 0 atom stereocenters. The average Bonchev–Trinajstić information content (AvgIpc) is 2.76. The molecular formula is C16H23N3O. The van der Waals surface area contributed by atoms with E-state index in [2.05, 4.69) is 17.6 Å². The lowest BCUT2D eigenvalue weighted by molar-refractivity contribution is -0.115. The third-order valence-electron chi connectivity index (χ3n) is 4.67. The molecule has 0 saturated heterocycles. The number of hydrogen-bond donors (Lipinski definition) is 3. The molecule has 0 unspecified atom stereocenters. The topological polar surface area (TPSA) is 67.1 Å². The first-order chi connectivity index (χ1) is 9.56. The Morgan fingerprint density at radius 3 is 2.80 bits per heavy atom. The molecule has 1 aliphatic carbocycles. The van der Waals surface area contributed by atoms with Crippen LogP contribution in [-0.4, -0.2) is 12.5 Å². The van der Waals surface area contributed by atoms with Gasteiger partial charge in [-0.15, -0.1) is 0 Å². The maximum absolute atomic E-state index is 11.4. The van der Waals surface area contributed by atoms with Gasteiger partial charge in [0.1, 0.15) is 0 Å². The Labute approximate surface area is 120 Å². The van der Waals surface area contributed by atoms with Crippen LogP contribution >= 0.6 is 0 Å². The maximum Gasteiger partial charge on any atom is 0.228 e. The molecule has 2 aliphatic rings. The molecule has 1 fully saturated rings. The summed E-state index contributed by atoms with van der Waals surface area (Å²) in [6.45, 7) is 3.30. The predicted octanol–water partition coefficient (Wildman–Crippen LogP) is 3.15. The summed E-state index contributed by atoms with van der Waals surface area (Å²) in [5.74, 6) is 0.0517. The summed E-state index contributed by atoms with van der Waals surface area (Å²) in [7, 11) is 0. The molecule has 0 bridgehead atoms. The molecule has 1 aromatic rings. The number of amides is 1. The zero-order valence-electron chi connectivity index (χ0n) is 12.1. The first-order valence-electron chi connectivity index (χ1n) is 7.52. The molecule has 1 aromatic carbocycles. The second kappa shape index (κ2) is 5.00. The monoisotopic (exact) mass is 273 g/mol. The van der Waals surface area contributed by atoms with Gasteiger partial charge >= 0.3 is 0 Å². The fraction of sp³-hybridized carbons (Fsp3) is 0.562. The van der Waals surface area contributed by atoms with Crippen molar-refractivity contribution in [2.75, 3.05) is 22.9 Å². The zero-order chi connectivity index (χ0) is 14.2. The number of rotatable bonds is 3. The van der Waals surface area contributed by atoms with Gasteiger partial charge in [-0.1, -0.05) is 26.2 Å². The molecule has 1 aliphatic heterocycles. The second-order valence-electron chi connectivity index (χ2n) is 6.55. The zero-order valence-corrected chi connectivity index (χ0v) is 12.1. The molecule has 3 rings (SSSR count). The van der Waals surface area contributed by atoms with Crippen LogP contribution in [0, 0.1) is 5.41 Å². The Morgan fingerprint density at radius 2 is 2.05 bits per heavy atom. The van der Waals surface area contributed by atoms with E-state index in [0.717, 1.165) is 29.2 Å². The number of carbonyl (C=O) groups is 1. The molecule has 1 saturated carbocycles. The predicted molar refractivity (Wildman–Crippen MR) is 82.9 cm³/mol. The van der Waals surface area contributed by atoms with Crippen molar-refractivity contribution < 1.29 is 4.79 Å². The molecule has 4 N–H and O–H groups in total. The third kappa shape index (κ3) is 2.60. The van der Waals surface area contributed by atoms with Crippen molar-refractivity contribution in [3.63, 3.8) is 0 Å². The number of hydrogen-bond acceptors (Lipinski definition) is 3. The van der Waals surface area contributed by atoms with Gasteiger partial charge in [-0.3, -0.25) is 4.79 Å². The number of fused-ring (bicyclic) bond motifs is 1. The van der Waals surface area contributed by atoms with E-state index in [4.69, 9.17) is 5.73 Å². The molecule has 0 aromatic heterocycles. The standard InChI is InChI=1S/C16H23N3O/c1-16(5-3-2-4-6-16)10-18-14-9-13-11(7-12(14)17)8-15(20)19-13/h7,9,18H,2-6,8,10,17H2,1H3,(H,19,20). The summed E-state index contributed by atoms with van der Waals surface area (Å²) in [5, 5.41) is 6.37. The number of nitrogens with one attached hydrogen (secondary N) is 2. The lowest BCUT2D eigenvalue weighted by Crippen LogP contribution is -2.29. The van der Waals surface area contributed by atoms with Crippen LogP contribution in [0.5, 0.6) is 0 Å². The highest BCUT2D eigenvalue weighted by molar-refractivity contribution is 6.00. The number of anilines is 3. The molecule has 20 heavy (non-hydrogen) atoms. The number of nitrogen functional groups attached to an aromatic ring is 1. The average molecular weight is 273 g/mol. The SMILES string of the molecule is CC1(CNc2cc3c(cc2N)CC(=O)N3)CCCCC1. The smallest absolute Gasteiger partial charge is 0.228 e. The highest BCUT2D eigenvalue weighted by atomic mass is 16.1. The van der Waals surface area contributed by atoms with Crippen LogP contribution in [0.2, 0.25) is 0 Å². The fourth-order valence-electron chi connectivity index (χ4n) is 3.34. The minimum Gasteiger partial charge on any atom is -0.397 e. The Hall–Kier alpha value is -1.71. The Morgan fingerprint density at radius 1 is 1.30 bits per heavy atom. The van der Waals surface area contributed by atoms with Gasteiger partial charge in [0, 0.05) is 12.2 Å². The van der Waals surface area contributed by atoms with Gasteiger partial charge in [0.25, 0.3) is 0 Å². The first-order valence-corrected chi connectivity index (χ1v) is 7.52. The van der Waals surface area contributed by atoms with Gasteiger partial charge in [-0.05, 0) is 36.0 Å². The molecule has 1 amide bonds. The highest BCUT2D eigenvalue weighted by Gasteiger charge is 2.27. The van der Waals surface area contributed by atoms with Gasteiger partial charge in [-0.25, -0.2) is 0 Å². The van der Waals surface area contributed by atoms with E-state index >= 15 is 0 Å². The van der Waals surface area contributed by atoms with Crippen LogP contribution < -0.4 is 16.4 Å². The van der Waals surface area contributed by atoms with E-state index in [1.54, 1.807) is 0 Å². The minimum atomic E-state index is 0.0517. The summed E-state index contributed by atoms with van der Waals surface area (Å²) in [5.41, 5.74) is 10.0. The van der Waals surface area contributed by atoms with E-state index in [1.807, 2.05) is 12.1 Å². The summed E-state index contributed by atoms with van der Waals surface area (Å²) in [6, 6.07) is 3.89. The molecule has 0 spiro atoms. The van der Waals surface area contributed by atoms with E-state index in [9.17, 15) is 4.79 Å². The van der Waals surface area contributed by atoms with Crippen molar-refractivity contribution in [2.24, 2.45) is 5.41 Å². The quantitative estimate of drug-likeness (QED) is 0.741. The fourth-order valence-corrected chi connectivity index (χ4v) is 3.34. The van der Waals surface area contributed by atoms with Crippen LogP contribution in [-0.2, 0) is 11.2 Å². The summed E-state index contributed by atoms with van der Waals surface area (Å²) in [6.07, 6.45) is 7.02. The van der Waals surface area contributed by atoms with E-state index in [-0.39, 0.29) is 5.91 Å². The summed E-state index contributed by atoms with van der Waals surface area (Å²) >= 11 is 0. The lowest BCUT2D eigenvalue weighted by Gasteiger charge is -2.34. The van der Waals surface area contributed by atoms with Crippen LogP contribution in [0.15, 0.2) is 12.1 Å². The lowest BCUT2D eigenvalue weighted by atomic mass is 9.75. The van der Waals surface area contributed by atoms with E-state index < -0.39 is 0 Å². The molecule has 1 heterocycles. The largest absolute Gasteiger partial charge is 0.397 e. The van der Waals surface area contributed by atoms with Crippen molar-refractivity contribution in [2.45, 2.75) is 45.4 Å². The Kier molecular flexibility index (Phi) is 3.32. The van der Waals surface area contributed by atoms with E-state index in [1.165, 1.54) is 32.1 Å². The third-order valence-corrected chi connectivity index (χ3v) is 4.67. The summed E-state index contributed by atoms with van der Waals surface area (Å²) < 4.78 is 0. The Bertz CT molecular complexity index is 533. The van der Waals surface area contributed by atoms with Gasteiger partial charge in [-0.2, -0.15) is 0 Å². The van der Waals surface area contributed by atoms with Crippen molar-refractivity contribution in [3.8, 4) is 0 Å². The van der Waals surface area contributed by atoms with Crippen LogP contribution in [0.4, 0.5) is 17.1 Å². The molecular weight excluding hydrogens is 250 g/mol. The minimum absolute atomic E-state index is 0.0517. The Balaban J connectivity index is 1.72. The molecule has 4 nitrogen and oxygen atoms in total. The van der Waals surface area contributed by atoms with Crippen molar-refractivity contribution >= 4 is 23.0 Å². The van der Waals surface area contributed by atoms with E-state index in [0.29, 0.717) is 11.8 Å². The van der Waals surface area contributed by atoms with Crippen LogP contribution in [0.1, 0.15) is 44.6 Å². The maximum atomic E-state index is 11.4.